The molecule has 0 unspecified atom stereocenters. The van der Waals surface area contributed by atoms with Gasteiger partial charge in [0.2, 0.25) is 0 Å². The van der Waals surface area contributed by atoms with Crippen LogP contribution in [0.15, 0.2) is 51.2 Å². The van der Waals surface area contributed by atoms with Gasteiger partial charge in [-0.3, -0.25) is 4.79 Å². The van der Waals surface area contributed by atoms with E-state index in [1.54, 1.807) is 33.2 Å². The zero-order chi connectivity index (χ0) is 20.0. The third-order valence-electron chi connectivity index (χ3n) is 5.61. The first-order valence-corrected chi connectivity index (χ1v) is 12.4. The highest BCUT2D eigenvalue weighted by atomic mass is 32.1. The summed E-state index contributed by atoms with van der Waals surface area (Å²) in [5.74, 6) is 0.766. The molecule has 5 rings (SSSR count). The van der Waals surface area contributed by atoms with Crippen LogP contribution in [0, 0.1) is 18.8 Å². The molecule has 0 spiro atoms. The molecule has 0 N–H and O–H groups in total. The van der Waals surface area contributed by atoms with Crippen molar-refractivity contribution < 1.29 is 4.79 Å². The van der Waals surface area contributed by atoms with Crippen LogP contribution in [0.5, 0.6) is 0 Å². The van der Waals surface area contributed by atoms with E-state index in [0.717, 1.165) is 24.2 Å². The maximum atomic E-state index is 13.5. The summed E-state index contributed by atoms with van der Waals surface area (Å²) in [6.45, 7) is 4.20. The van der Waals surface area contributed by atoms with Crippen LogP contribution in [0.3, 0.4) is 0 Å². The van der Waals surface area contributed by atoms with E-state index in [0.29, 0.717) is 10.8 Å². The number of aryl methyl sites for hydroxylation is 1. The van der Waals surface area contributed by atoms with Crippen LogP contribution in [0.4, 0.5) is 0 Å². The number of thiophene rings is 2. The lowest BCUT2D eigenvalue weighted by Gasteiger charge is -2.31. The van der Waals surface area contributed by atoms with Crippen molar-refractivity contribution in [3.63, 3.8) is 0 Å². The molecule has 0 saturated heterocycles. The van der Waals surface area contributed by atoms with E-state index < -0.39 is 0 Å². The number of carbonyl (C=O) groups is 1. The topological polar surface area (TPSA) is 45.6 Å². The molecule has 1 saturated carbocycles. The van der Waals surface area contributed by atoms with E-state index >= 15 is 0 Å². The van der Waals surface area contributed by atoms with Gasteiger partial charge in [0.25, 0.3) is 5.91 Å². The summed E-state index contributed by atoms with van der Waals surface area (Å²) >= 11 is 4.85. The number of allylic oxidation sites excluding steroid dienone is 1. The van der Waals surface area contributed by atoms with Crippen LogP contribution >= 0.6 is 34.0 Å². The quantitative estimate of drug-likeness (QED) is 0.484. The summed E-state index contributed by atoms with van der Waals surface area (Å²) in [5.41, 5.74) is 4.88. The Labute approximate surface area is 182 Å². The highest BCUT2D eigenvalue weighted by Gasteiger charge is 2.46. The molecule has 3 aromatic heterocycles. The molecule has 29 heavy (non-hydrogen) atoms. The van der Waals surface area contributed by atoms with E-state index in [1.807, 2.05) is 6.92 Å². The first kappa shape index (κ1) is 18.9. The molecule has 3 atom stereocenters. The van der Waals surface area contributed by atoms with Crippen molar-refractivity contribution in [1.82, 2.24) is 9.99 Å². The van der Waals surface area contributed by atoms with Crippen molar-refractivity contribution in [2.24, 2.45) is 16.9 Å². The standard InChI is InChI=1S/C22H21N3OS3/c1-13-9-15(11-16-5-3-7-27-16)19-17(10-13)20(18-6-4-8-28-18)25(24-19)22(26)21-14(2)23-12-29-21/h3-8,11-13,17,20H,9-10H2,1-2H3/b15-11+/t13-,17-,20-/m1/s1. The fourth-order valence-corrected chi connectivity index (χ4v) is 6.64. The normalized spacial score (nSPS) is 25.3. The Bertz CT molecular complexity index is 1080. The first-order chi connectivity index (χ1) is 14.1. The molecule has 0 aromatic carbocycles. The van der Waals surface area contributed by atoms with Crippen molar-refractivity contribution in [2.45, 2.75) is 32.7 Å². The van der Waals surface area contributed by atoms with Gasteiger partial charge >= 0.3 is 0 Å². The fourth-order valence-electron chi connectivity index (χ4n) is 4.35. The molecule has 4 nitrogen and oxygen atoms in total. The van der Waals surface area contributed by atoms with Crippen molar-refractivity contribution in [2.75, 3.05) is 0 Å². The predicted octanol–water partition coefficient (Wildman–Crippen LogP) is 6.26. The van der Waals surface area contributed by atoms with E-state index in [9.17, 15) is 4.79 Å². The number of carbonyl (C=O) groups excluding carboxylic acids is 1. The van der Waals surface area contributed by atoms with Gasteiger partial charge in [-0.05, 0) is 60.2 Å². The zero-order valence-corrected chi connectivity index (χ0v) is 18.7. The molecule has 0 bridgehead atoms. The number of hydrazone groups is 1. The molecular formula is C22H21N3OS3. The number of aromatic nitrogens is 1. The average molecular weight is 440 g/mol. The summed E-state index contributed by atoms with van der Waals surface area (Å²) in [5, 5.41) is 10.9. The Morgan fingerprint density at radius 2 is 2.03 bits per heavy atom. The van der Waals surface area contributed by atoms with Crippen LogP contribution in [0.25, 0.3) is 6.08 Å². The summed E-state index contributed by atoms with van der Waals surface area (Å²) < 4.78 is 0. The molecule has 1 aliphatic carbocycles. The Morgan fingerprint density at radius 1 is 1.21 bits per heavy atom. The lowest BCUT2D eigenvalue weighted by molar-refractivity contribution is 0.0684. The van der Waals surface area contributed by atoms with Crippen molar-refractivity contribution in [1.29, 1.82) is 0 Å². The number of rotatable bonds is 3. The van der Waals surface area contributed by atoms with E-state index in [1.165, 1.54) is 26.7 Å². The third-order valence-corrected chi connectivity index (χ3v) is 8.29. The molecular weight excluding hydrogens is 418 g/mol. The molecule has 4 heterocycles. The van der Waals surface area contributed by atoms with Gasteiger partial charge < -0.3 is 0 Å². The second-order valence-electron chi connectivity index (χ2n) is 7.70. The van der Waals surface area contributed by atoms with Crippen LogP contribution in [-0.2, 0) is 0 Å². The van der Waals surface area contributed by atoms with E-state index in [2.05, 4.69) is 53.0 Å². The summed E-state index contributed by atoms with van der Waals surface area (Å²) in [6.07, 6.45) is 4.32. The lowest BCUT2D eigenvalue weighted by Crippen LogP contribution is -2.32. The summed E-state index contributed by atoms with van der Waals surface area (Å²) in [7, 11) is 0. The number of hydrogen-bond donors (Lipinski definition) is 0. The summed E-state index contributed by atoms with van der Waals surface area (Å²) in [6, 6.07) is 8.38. The molecule has 7 heteroatoms. The maximum absolute atomic E-state index is 13.5. The number of fused-ring (bicyclic) bond motifs is 1. The Balaban J connectivity index is 1.60. The molecule has 1 fully saturated rings. The van der Waals surface area contributed by atoms with Gasteiger partial charge in [-0.1, -0.05) is 19.1 Å². The Hall–Kier alpha value is -2.09. The van der Waals surface area contributed by atoms with Crippen LogP contribution in [0.1, 0.15) is 50.9 Å². The Kier molecular flexibility index (Phi) is 4.97. The van der Waals surface area contributed by atoms with Crippen molar-refractivity contribution in [3.05, 3.63) is 66.4 Å². The summed E-state index contributed by atoms with van der Waals surface area (Å²) in [4.78, 5) is 20.9. The van der Waals surface area contributed by atoms with Gasteiger partial charge in [-0.25, -0.2) is 9.99 Å². The molecule has 0 radical (unpaired) electrons. The van der Waals surface area contributed by atoms with E-state index in [4.69, 9.17) is 5.10 Å². The number of hydrogen-bond acceptors (Lipinski definition) is 6. The van der Waals surface area contributed by atoms with Gasteiger partial charge in [-0.15, -0.1) is 34.0 Å². The number of amides is 1. The van der Waals surface area contributed by atoms with Gasteiger partial charge in [0.05, 0.1) is 23.0 Å². The highest BCUT2D eigenvalue weighted by Crippen LogP contribution is 2.47. The largest absolute Gasteiger partial charge is 0.286 e. The monoisotopic (exact) mass is 439 g/mol. The van der Waals surface area contributed by atoms with Gasteiger partial charge in [0.1, 0.15) is 4.88 Å². The average Bonchev–Trinajstić information content (AvgIpc) is 3.48. The Morgan fingerprint density at radius 3 is 2.72 bits per heavy atom. The lowest BCUT2D eigenvalue weighted by atomic mass is 9.74. The predicted molar refractivity (Wildman–Crippen MR) is 122 cm³/mol. The molecule has 1 aliphatic heterocycles. The van der Waals surface area contributed by atoms with Crippen LogP contribution < -0.4 is 0 Å². The minimum absolute atomic E-state index is 0.0338. The third kappa shape index (κ3) is 3.41. The van der Waals surface area contributed by atoms with Gasteiger partial charge in [0.15, 0.2) is 0 Å². The second-order valence-corrected chi connectivity index (χ2v) is 10.5. The molecule has 1 amide bonds. The molecule has 148 valence electrons. The molecule has 2 aliphatic rings. The first-order valence-electron chi connectivity index (χ1n) is 9.72. The maximum Gasteiger partial charge on any atom is 0.286 e. The SMILES string of the molecule is Cc1ncsc1C(=O)N1N=C2/C(=C/c3cccs3)C[C@@H](C)C[C@H]2[C@@H]1c1cccs1. The smallest absolute Gasteiger partial charge is 0.266 e. The zero-order valence-electron chi connectivity index (χ0n) is 16.2. The van der Waals surface area contributed by atoms with Crippen LogP contribution in [-0.4, -0.2) is 21.6 Å². The molecule has 3 aromatic rings. The number of nitrogens with zero attached hydrogens (tertiary/aromatic N) is 3. The van der Waals surface area contributed by atoms with Gasteiger partial charge in [0, 0.05) is 15.7 Å². The minimum Gasteiger partial charge on any atom is -0.266 e. The number of thiazole rings is 1. The van der Waals surface area contributed by atoms with Crippen LogP contribution in [0.2, 0.25) is 0 Å². The highest BCUT2D eigenvalue weighted by molar-refractivity contribution is 7.12. The van der Waals surface area contributed by atoms with Gasteiger partial charge in [-0.2, -0.15) is 5.10 Å². The van der Waals surface area contributed by atoms with Crippen molar-refractivity contribution >= 4 is 51.7 Å². The fraction of sp³-hybridized carbons (Fsp3) is 0.318. The second kappa shape index (κ2) is 7.63. The van der Waals surface area contributed by atoms with E-state index in [-0.39, 0.29) is 17.9 Å². The van der Waals surface area contributed by atoms with Crippen molar-refractivity contribution in [3.8, 4) is 0 Å². The minimum atomic E-state index is -0.0339.